The summed E-state index contributed by atoms with van der Waals surface area (Å²) >= 11 is 0. The molecule has 0 spiro atoms. The lowest BCUT2D eigenvalue weighted by Gasteiger charge is -2.32. The molecule has 28 heavy (non-hydrogen) atoms. The minimum atomic E-state index is 0.0792. The molecule has 1 rings (SSSR count). The van der Waals surface area contributed by atoms with Gasteiger partial charge in [0.2, 0.25) is 0 Å². The second-order valence-electron chi connectivity index (χ2n) is 8.33. The van der Waals surface area contributed by atoms with Crippen LogP contribution in [0, 0.1) is 5.41 Å². The first-order chi connectivity index (χ1) is 13.3. The number of hydrogen-bond acceptors (Lipinski definition) is 1. The minimum absolute atomic E-state index is 0.0792. The zero-order valence-corrected chi connectivity index (χ0v) is 18.6. The second kappa shape index (κ2) is 12.4. The van der Waals surface area contributed by atoms with E-state index in [1.54, 1.807) is 6.08 Å². The van der Waals surface area contributed by atoms with E-state index < -0.39 is 0 Å². The lowest BCUT2D eigenvalue weighted by atomic mass is 9.72. The summed E-state index contributed by atoms with van der Waals surface area (Å²) in [4.78, 5) is 0. The first-order valence-electron chi connectivity index (χ1n) is 10.3. The van der Waals surface area contributed by atoms with Crippen molar-refractivity contribution in [1.82, 2.24) is 0 Å². The molecule has 0 unspecified atom stereocenters. The third-order valence-electron chi connectivity index (χ3n) is 5.09. The number of allylic oxidation sites excluding steroid dienone is 15. The zero-order valence-electron chi connectivity index (χ0n) is 18.6. The number of hydrogen-bond donors (Lipinski definition) is 1. The van der Waals surface area contributed by atoms with Crippen molar-refractivity contribution in [2.24, 2.45) is 5.41 Å². The maximum Gasteiger partial charge on any atom is 0.0615 e. The summed E-state index contributed by atoms with van der Waals surface area (Å²) in [6, 6.07) is 0. The predicted octanol–water partition coefficient (Wildman–Crippen LogP) is 7.57. The van der Waals surface area contributed by atoms with Gasteiger partial charge >= 0.3 is 0 Å². The third kappa shape index (κ3) is 9.19. The van der Waals surface area contributed by atoms with Gasteiger partial charge in [-0.3, -0.25) is 0 Å². The smallest absolute Gasteiger partial charge is 0.0615 e. The molecule has 0 aromatic heterocycles. The standard InChI is InChI=1S/C27H38O/c1-22(12-7-8-13-23(2)16-11-21-28)14-9-15-24(3)18-19-26-25(4)17-10-20-27(26,5)6/h7-9,11-16,18-19,28H,10,17,20-21H2,1-6H3/b8-7+,14-9+,16-11?,19-18+,22-12+,23-13?,24-15+. The zero-order chi connectivity index (χ0) is 21.0. The van der Waals surface area contributed by atoms with Gasteiger partial charge in [-0.2, -0.15) is 0 Å². The highest BCUT2D eigenvalue weighted by Gasteiger charge is 2.26. The van der Waals surface area contributed by atoms with E-state index in [-0.39, 0.29) is 6.61 Å². The molecule has 0 atom stereocenters. The summed E-state index contributed by atoms with van der Waals surface area (Å²) in [7, 11) is 0. The molecule has 152 valence electrons. The third-order valence-corrected chi connectivity index (χ3v) is 5.09. The average Bonchev–Trinajstić information content (AvgIpc) is 2.62. The first-order valence-corrected chi connectivity index (χ1v) is 10.3. The lowest BCUT2D eigenvalue weighted by Crippen LogP contribution is -2.19. The highest BCUT2D eigenvalue weighted by Crippen LogP contribution is 2.40. The Morgan fingerprint density at radius 2 is 1.46 bits per heavy atom. The van der Waals surface area contributed by atoms with Crippen LogP contribution in [0.25, 0.3) is 0 Å². The molecule has 0 aliphatic heterocycles. The van der Waals surface area contributed by atoms with Crippen molar-refractivity contribution in [3.05, 3.63) is 94.7 Å². The fourth-order valence-corrected chi connectivity index (χ4v) is 3.40. The van der Waals surface area contributed by atoms with E-state index in [9.17, 15) is 0 Å². The Morgan fingerprint density at radius 1 is 0.893 bits per heavy atom. The summed E-state index contributed by atoms with van der Waals surface area (Å²) in [5, 5.41) is 8.76. The molecule has 0 heterocycles. The molecular formula is C27H38O. The van der Waals surface area contributed by atoms with Crippen LogP contribution in [0.15, 0.2) is 94.7 Å². The lowest BCUT2D eigenvalue weighted by molar-refractivity contribution is 0.342. The first kappa shape index (κ1) is 23.9. The van der Waals surface area contributed by atoms with E-state index in [1.165, 1.54) is 41.6 Å². The van der Waals surface area contributed by atoms with Crippen molar-refractivity contribution in [2.75, 3.05) is 6.61 Å². The van der Waals surface area contributed by atoms with E-state index >= 15 is 0 Å². The van der Waals surface area contributed by atoms with Gasteiger partial charge in [0, 0.05) is 0 Å². The van der Waals surface area contributed by atoms with E-state index in [0.29, 0.717) is 5.41 Å². The van der Waals surface area contributed by atoms with Crippen LogP contribution in [0.3, 0.4) is 0 Å². The van der Waals surface area contributed by atoms with Gasteiger partial charge in [0.15, 0.2) is 0 Å². The molecule has 1 aliphatic carbocycles. The van der Waals surface area contributed by atoms with E-state index in [4.69, 9.17) is 5.11 Å². The second-order valence-corrected chi connectivity index (χ2v) is 8.33. The molecule has 1 aliphatic rings. The Kier molecular flexibility index (Phi) is 10.6. The molecule has 0 radical (unpaired) electrons. The van der Waals surface area contributed by atoms with Crippen LogP contribution in [0.4, 0.5) is 0 Å². The summed E-state index contributed by atoms with van der Waals surface area (Å²) in [6.07, 6.45) is 26.6. The van der Waals surface area contributed by atoms with Crippen LogP contribution in [-0.4, -0.2) is 11.7 Å². The van der Waals surface area contributed by atoms with Gasteiger partial charge in [-0.1, -0.05) is 103 Å². The monoisotopic (exact) mass is 378 g/mol. The fourth-order valence-electron chi connectivity index (χ4n) is 3.40. The van der Waals surface area contributed by atoms with Crippen molar-refractivity contribution >= 4 is 0 Å². The Hall–Kier alpha value is -2.12. The van der Waals surface area contributed by atoms with Crippen LogP contribution in [0.5, 0.6) is 0 Å². The topological polar surface area (TPSA) is 20.2 Å². The summed E-state index contributed by atoms with van der Waals surface area (Å²) in [5.74, 6) is 0. The van der Waals surface area contributed by atoms with Crippen LogP contribution >= 0.6 is 0 Å². The molecule has 0 aromatic carbocycles. The SMILES string of the molecule is CC(C=CCO)=C/C=C/C=C(C)/C=C/C=C(C)/C=C/C1=C(C)CCCC1(C)C. The summed E-state index contributed by atoms with van der Waals surface area (Å²) in [5.41, 5.74) is 6.92. The predicted molar refractivity (Wildman–Crippen MR) is 125 cm³/mol. The molecule has 0 amide bonds. The number of aliphatic hydroxyl groups is 1. The average molecular weight is 379 g/mol. The minimum Gasteiger partial charge on any atom is -0.392 e. The molecule has 0 saturated heterocycles. The summed E-state index contributed by atoms with van der Waals surface area (Å²) in [6.45, 7) is 13.3. The van der Waals surface area contributed by atoms with Crippen LogP contribution < -0.4 is 0 Å². The fraction of sp³-hybridized carbons (Fsp3) is 0.407. The highest BCUT2D eigenvalue weighted by molar-refractivity contribution is 5.37. The van der Waals surface area contributed by atoms with Crippen molar-refractivity contribution < 1.29 is 5.11 Å². The quantitative estimate of drug-likeness (QED) is 0.432. The number of aliphatic hydroxyl groups excluding tert-OH is 1. The molecular weight excluding hydrogens is 340 g/mol. The molecule has 0 bridgehead atoms. The van der Waals surface area contributed by atoms with Crippen molar-refractivity contribution in [1.29, 1.82) is 0 Å². The van der Waals surface area contributed by atoms with E-state index in [0.717, 1.165) is 5.57 Å². The van der Waals surface area contributed by atoms with Gasteiger partial charge in [-0.25, -0.2) is 0 Å². The Labute approximate surface area is 172 Å². The van der Waals surface area contributed by atoms with E-state index in [2.05, 4.69) is 71.1 Å². The van der Waals surface area contributed by atoms with Gasteiger partial charge in [0.1, 0.15) is 0 Å². The Bertz CT molecular complexity index is 743. The van der Waals surface area contributed by atoms with Crippen molar-refractivity contribution in [2.45, 2.75) is 60.8 Å². The highest BCUT2D eigenvalue weighted by atomic mass is 16.2. The Balaban J connectivity index is 2.66. The molecule has 0 fully saturated rings. The Morgan fingerprint density at radius 3 is 2.07 bits per heavy atom. The van der Waals surface area contributed by atoms with Crippen molar-refractivity contribution in [3.63, 3.8) is 0 Å². The molecule has 1 N–H and O–H groups in total. The normalized spacial score (nSPS) is 19.9. The molecule has 0 saturated carbocycles. The van der Waals surface area contributed by atoms with Gasteiger partial charge < -0.3 is 5.11 Å². The number of rotatable bonds is 8. The molecule has 0 aromatic rings. The largest absolute Gasteiger partial charge is 0.392 e. The van der Waals surface area contributed by atoms with Crippen LogP contribution in [0.2, 0.25) is 0 Å². The van der Waals surface area contributed by atoms with Gasteiger partial charge in [-0.15, -0.1) is 0 Å². The van der Waals surface area contributed by atoms with Crippen LogP contribution in [0.1, 0.15) is 60.8 Å². The van der Waals surface area contributed by atoms with Gasteiger partial charge in [0.05, 0.1) is 6.61 Å². The van der Waals surface area contributed by atoms with Gasteiger partial charge in [-0.05, 0) is 57.9 Å². The van der Waals surface area contributed by atoms with Gasteiger partial charge in [0.25, 0.3) is 0 Å². The summed E-state index contributed by atoms with van der Waals surface area (Å²) < 4.78 is 0. The molecule has 1 nitrogen and oxygen atoms in total. The van der Waals surface area contributed by atoms with E-state index in [1.807, 2.05) is 31.2 Å². The van der Waals surface area contributed by atoms with Crippen LogP contribution in [-0.2, 0) is 0 Å². The molecule has 1 heteroatoms. The van der Waals surface area contributed by atoms with Crippen molar-refractivity contribution in [3.8, 4) is 0 Å². The maximum atomic E-state index is 8.76. The maximum absolute atomic E-state index is 8.76.